The van der Waals surface area contributed by atoms with E-state index in [1.54, 1.807) is 17.3 Å². The standard InChI is InChI=1S/C14H20ClN3O2.H2S/c1-14(2,3)20-13(19)18-5-4-10(9-18)6-12-16-7-11(15)8-17-12;/h7-8,10H,4-6,9H2,1-3H3;1H2/t10-;/m0./s1. The second-order valence-electron chi connectivity index (χ2n) is 6.10. The molecule has 2 heterocycles. The normalized spacial score (nSPS) is 18.3. The van der Waals surface area contributed by atoms with E-state index in [1.807, 2.05) is 20.8 Å². The minimum Gasteiger partial charge on any atom is -0.444 e. The van der Waals surface area contributed by atoms with E-state index in [9.17, 15) is 4.79 Å². The van der Waals surface area contributed by atoms with Crippen molar-refractivity contribution in [1.29, 1.82) is 0 Å². The van der Waals surface area contributed by atoms with Gasteiger partial charge in [0.1, 0.15) is 11.4 Å². The van der Waals surface area contributed by atoms with Crippen LogP contribution < -0.4 is 0 Å². The van der Waals surface area contributed by atoms with Crippen molar-refractivity contribution >= 4 is 31.2 Å². The highest BCUT2D eigenvalue weighted by atomic mass is 35.5. The number of hydrogen-bond acceptors (Lipinski definition) is 4. The average molecular weight is 332 g/mol. The summed E-state index contributed by atoms with van der Waals surface area (Å²) in [6.45, 7) is 7.05. The molecule has 1 aliphatic heterocycles. The fraction of sp³-hybridized carbons (Fsp3) is 0.643. The van der Waals surface area contributed by atoms with Crippen molar-refractivity contribution in [3.8, 4) is 0 Å². The summed E-state index contributed by atoms with van der Waals surface area (Å²) >= 11 is 5.76. The number of aromatic nitrogens is 2. The molecule has 0 aliphatic carbocycles. The molecule has 21 heavy (non-hydrogen) atoms. The van der Waals surface area contributed by atoms with Crippen molar-refractivity contribution in [1.82, 2.24) is 14.9 Å². The quantitative estimate of drug-likeness (QED) is 0.835. The fourth-order valence-electron chi connectivity index (χ4n) is 2.19. The SMILES string of the molecule is CC(C)(C)OC(=O)N1CC[C@@H](Cc2ncc(Cl)cn2)C1.S. The molecule has 1 saturated heterocycles. The Balaban J connectivity index is 0.00000220. The van der Waals surface area contributed by atoms with E-state index in [2.05, 4.69) is 9.97 Å². The number of carbonyl (C=O) groups excluding carboxylic acids is 1. The minimum atomic E-state index is -0.450. The summed E-state index contributed by atoms with van der Waals surface area (Å²) in [6.07, 6.45) is 4.67. The fourth-order valence-corrected chi connectivity index (χ4v) is 2.29. The zero-order chi connectivity index (χ0) is 14.8. The molecule has 0 aromatic carbocycles. The first-order valence-electron chi connectivity index (χ1n) is 6.78. The van der Waals surface area contributed by atoms with E-state index < -0.39 is 5.60 Å². The van der Waals surface area contributed by atoms with Crippen LogP contribution in [0, 0.1) is 5.92 Å². The third-order valence-electron chi connectivity index (χ3n) is 3.08. The van der Waals surface area contributed by atoms with Gasteiger partial charge in [-0.1, -0.05) is 11.6 Å². The van der Waals surface area contributed by atoms with Crippen molar-refractivity contribution in [2.24, 2.45) is 5.92 Å². The number of halogens is 1. The lowest BCUT2D eigenvalue weighted by Gasteiger charge is -2.24. The summed E-state index contributed by atoms with van der Waals surface area (Å²) in [4.78, 5) is 22.1. The zero-order valence-corrected chi connectivity index (χ0v) is 14.4. The van der Waals surface area contributed by atoms with Gasteiger partial charge < -0.3 is 9.64 Å². The van der Waals surface area contributed by atoms with Crippen molar-refractivity contribution in [3.63, 3.8) is 0 Å². The summed E-state index contributed by atoms with van der Waals surface area (Å²) in [5.74, 6) is 1.15. The molecule has 1 aliphatic rings. The predicted octanol–water partition coefficient (Wildman–Crippen LogP) is 3.04. The van der Waals surface area contributed by atoms with Crippen LogP contribution >= 0.6 is 25.1 Å². The van der Waals surface area contributed by atoms with Crippen molar-refractivity contribution in [2.45, 2.75) is 39.2 Å². The lowest BCUT2D eigenvalue weighted by Crippen LogP contribution is -2.35. The Hall–Kier alpha value is -1.01. The molecule has 0 saturated carbocycles. The van der Waals surface area contributed by atoms with Gasteiger partial charge in [-0.3, -0.25) is 0 Å². The Bertz CT molecular complexity index is 476. The van der Waals surface area contributed by atoms with Crippen molar-refractivity contribution in [3.05, 3.63) is 23.2 Å². The number of rotatable bonds is 2. The van der Waals surface area contributed by atoms with Crippen LogP contribution in [0.15, 0.2) is 12.4 Å². The molecule has 118 valence electrons. The Morgan fingerprint density at radius 3 is 2.62 bits per heavy atom. The first-order chi connectivity index (χ1) is 9.33. The molecule has 0 bridgehead atoms. The van der Waals surface area contributed by atoms with Gasteiger partial charge in [-0.25, -0.2) is 14.8 Å². The second kappa shape index (κ2) is 7.31. The molecule has 7 heteroatoms. The highest BCUT2D eigenvalue weighted by Gasteiger charge is 2.30. The van der Waals surface area contributed by atoms with E-state index in [-0.39, 0.29) is 19.6 Å². The molecule has 1 aromatic rings. The topological polar surface area (TPSA) is 55.3 Å². The summed E-state index contributed by atoms with van der Waals surface area (Å²) in [5.41, 5.74) is -0.450. The van der Waals surface area contributed by atoms with Gasteiger partial charge in [0.2, 0.25) is 0 Å². The van der Waals surface area contributed by atoms with Crippen LogP contribution in [0.1, 0.15) is 33.0 Å². The van der Waals surface area contributed by atoms with E-state index in [4.69, 9.17) is 16.3 Å². The van der Waals surface area contributed by atoms with Gasteiger partial charge in [-0.05, 0) is 33.1 Å². The van der Waals surface area contributed by atoms with Crippen LogP contribution in [0.25, 0.3) is 0 Å². The molecule has 1 aromatic heterocycles. The van der Waals surface area contributed by atoms with Gasteiger partial charge in [0.25, 0.3) is 0 Å². The maximum absolute atomic E-state index is 12.0. The van der Waals surface area contributed by atoms with E-state index in [1.165, 1.54) is 0 Å². The molecule has 0 radical (unpaired) electrons. The largest absolute Gasteiger partial charge is 0.444 e. The molecule has 1 atom stereocenters. The predicted molar refractivity (Wildman–Crippen MR) is 87.0 cm³/mol. The van der Waals surface area contributed by atoms with Gasteiger partial charge in [0.05, 0.1) is 5.02 Å². The molecule has 1 fully saturated rings. The highest BCUT2D eigenvalue weighted by Crippen LogP contribution is 2.22. The first kappa shape index (κ1) is 18.0. The smallest absolute Gasteiger partial charge is 0.410 e. The van der Waals surface area contributed by atoms with Gasteiger partial charge in [0, 0.05) is 31.9 Å². The number of nitrogens with zero attached hydrogens (tertiary/aromatic N) is 3. The van der Waals surface area contributed by atoms with Crippen LogP contribution in [0.2, 0.25) is 5.02 Å². The summed E-state index contributed by atoms with van der Waals surface area (Å²) < 4.78 is 5.37. The summed E-state index contributed by atoms with van der Waals surface area (Å²) in [6, 6.07) is 0. The van der Waals surface area contributed by atoms with Crippen LogP contribution in [-0.4, -0.2) is 39.7 Å². The molecule has 0 unspecified atom stereocenters. The van der Waals surface area contributed by atoms with E-state index >= 15 is 0 Å². The average Bonchev–Trinajstić information content (AvgIpc) is 2.79. The maximum Gasteiger partial charge on any atom is 0.410 e. The molecule has 5 nitrogen and oxygen atoms in total. The van der Waals surface area contributed by atoms with Gasteiger partial charge in [0.15, 0.2) is 0 Å². The lowest BCUT2D eigenvalue weighted by molar-refractivity contribution is 0.0288. The monoisotopic (exact) mass is 331 g/mol. The van der Waals surface area contributed by atoms with Crippen LogP contribution in [0.4, 0.5) is 4.79 Å². The zero-order valence-electron chi connectivity index (χ0n) is 12.6. The van der Waals surface area contributed by atoms with Gasteiger partial charge in [-0.15, -0.1) is 0 Å². The highest BCUT2D eigenvalue weighted by molar-refractivity contribution is 7.59. The van der Waals surface area contributed by atoms with Crippen LogP contribution in [0.5, 0.6) is 0 Å². The van der Waals surface area contributed by atoms with Gasteiger partial charge >= 0.3 is 6.09 Å². The summed E-state index contributed by atoms with van der Waals surface area (Å²) in [5, 5.41) is 0.538. The second-order valence-corrected chi connectivity index (χ2v) is 6.54. The molecule has 0 N–H and O–H groups in total. The Labute approximate surface area is 137 Å². The van der Waals surface area contributed by atoms with Crippen LogP contribution in [0.3, 0.4) is 0 Å². The first-order valence-corrected chi connectivity index (χ1v) is 7.15. The number of likely N-dealkylation sites (tertiary alicyclic amines) is 1. The van der Waals surface area contributed by atoms with E-state index in [0.717, 1.165) is 25.2 Å². The van der Waals surface area contributed by atoms with Crippen molar-refractivity contribution < 1.29 is 9.53 Å². The Kier molecular flexibility index (Phi) is 6.28. The van der Waals surface area contributed by atoms with Gasteiger partial charge in [-0.2, -0.15) is 13.5 Å². The number of amides is 1. The molecular weight excluding hydrogens is 310 g/mol. The minimum absolute atomic E-state index is 0. The lowest BCUT2D eigenvalue weighted by atomic mass is 10.0. The number of hydrogen-bond donors (Lipinski definition) is 0. The maximum atomic E-state index is 12.0. The Morgan fingerprint density at radius 1 is 1.43 bits per heavy atom. The van der Waals surface area contributed by atoms with Crippen molar-refractivity contribution in [2.75, 3.05) is 13.1 Å². The molecule has 2 rings (SSSR count). The third kappa shape index (κ3) is 5.71. The summed E-state index contributed by atoms with van der Waals surface area (Å²) in [7, 11) is 0. The Morgan fingerprint density at radius 2 is 2.05 bits per heavy atom. The number of carbonyl (C=O) groups is 1. The van der Waals surface area contributed by atoms with E-state index in [0.29, 0.717) is 17.5 Å². The molecule has 0 spiro atoms. The molecular formula is C14H22ClN3O2S. The molecule has 1 amide bonds. The third-order valence-corrected chi connectivity index (χ3v) is 3.28. The number of ether oxygens (including phenoxy) is 1. The van der Waals surface area contributed by atoms with Crippen LogP contribution in [-0.2, 0) is 11.2 Å².